The third-order valence-electron chi connectivity index (χ3n) is 3.81. The van der Waals surface area contributed by atoms with Gasteiger partial charge in [0.25, 0.3) is 0 Å². The van der Waals surface area contributed by atoms with E-state index in [1.165, 1.54) is 31.4 Å². The van der Waals surface area contributed by atoms with E-state index >= 15 is 0 Å². The van der Waals surface area contributed by atoms with Crippen LogP contribution in [-0.2, 0) is 11.3 Å². The Kier molecular flexibility index (Phi) is 3.22. The summed E-state index contributed by atoms with van der Waals surface area (Å²) >= 11 is 1.67. The number of aromatic nitrogens is 1. The van der Waals surface area contributed by atoms with Gasteiger partial charge >= 0.3 is 0 Å². The van der Waals surface area contributed by atoms with E-state index in [1.54, 1.807) is 11.3 Å². The van der Waals surface area contributed by atoms with Crippen LogP contribution in [0, 0.1) is 5.92 Å². The van der Waals surface area contributed by atoms with Gasteiger partial charge in [-0.15, -0.1) is 11.3 Å². The summed E-state index contributed by atoms with van der Waals surface area (Å²) in [5.74, 6) is 0.743. The number of fused-ring (bicyclic) bond motifs is 1. The topological polar surface area (TPSA) is 34.2 Å². The molecule has 3 atom stereocenters. The highest BCUT2D eigenvalue weighted by Gasteiger charge is 2.37. The molecule has 1 N–H and O–H groups in total. The maximum absolute atomic E-state index is 5.77. The Morgan fingerprint density at radius 3 is 3.31 bits per heavy atom. The van der Waals surface area contributed by atoms with Crippen LogP contribution < -0.4 is 5.32 Å². The smallest absolute Gasteiger partial charge is 0.0795 e. The quantitative estimate of drug-likeness (QED) is 0.876. The SMILES string of the molecule is c1nc(CNC2CCCC3OCCC23)cs1. The van der Waals surface area contributed by atoms with Crippen LogP contribution >= 0.6 is 11.3 Å². The minimum atomic E-state index is 0.529. The van der Waals surface area contributed by atoms with Crippen LogP contribution in [0.5, 0.6) is 0 Å². The van der Waals surface area contributed by atoms with Crippen molar-refractivity contribution < 1.29 is 4.74 Å². The van der Waals surface area contributed by atoms with Gasteiger partial charge in [0.2, 0.25) is 0 Å². The van der Waals surface area contributed by atoms with Crippen molar-refractivity contribution in [3.8, 4) is 0 Å². The predicted molar refractivity (Wildman–Crippen MR) is 64.4 cm³/mol. The van der Waals surface area contributed by atoms with Crippen LogP contribution in [0.2, 0.25) is 0 Å². The Morgan fingerprint density at radius 1 is 1.44 bits per heavy atom. The molecule has 1 aliphatic carbocycles. The first-order chi connectivity index (χ1) is 7.93. The molecule has 0 spiro atoms. The second-order valence-electron chi connectivity index (χ2n) is 4.76. The summed E-state index contributed by atoms with van der Waals surface area (Å²) < 4.78 is 5.77. The number of rotatable bonds is 3. The van der Waals surface area contributed by atoms with Gasteiger partial charge in [-0.3, -0.25) is 0 Å². The number of hydrogen-bond acceptors (Lipinski definition) is 4. The standard InChI is InChI=1S/C12H18N2OS/c1-2-11(10-4-5-15-12(10)3-1)13-6-9-7-16-8-14-9/h7-8,10-13H,1-6H2. The summed E-state index contributed by atoms with van der Waals surface area (Å²) in [5, 5.41) is 5.78. The monoisotopic (exact) mass is 238 g/mol. The second kappa shape index (κ2) is 4.82. The third kappa shape index (κ3) is 2.14. The third-order valence-corrected chi connectivity index (χ3v) is 4.45. The Morgan fingerprint density at radius 2 is 2.44 bits per heavy atom. The molecule has 3 unspecified atom stereocenters. The van der Waals surface area contributed by atoms with Gasteiger partial charge in [-0.05, 0) is 25.7 Å². The lowest BCUT2D eigenvalue weighted by molar-refractivity contribution is 0.0529. The molecular weight excluding hydrogens is 220 g/mol. The maximum atomic E-state index is 5.77. The van der Waals surface area contributed by atoms with Gasteiger partial charge in [-0.1, -0.05) is 0 Å². The van der Waals surface area contributed by atoms with Crippen molar-refractivity contribution in [2.45, 2.75) is 44.4 Å². The highest BCUT2D eigenvalue weighted by atomic mass is 32.1. The van der Waals surface area contributed by atoms with E-state index in [-0.39, 0.29) is 0 Å². The Labute approximate surface area is 100 Å². The van der Waals surface area contributed by atoms with E-state index in [4.69, 9.17) is 4.74 Å². The van der Waals surface area contributed by atoms with Crippen molar-refractivity contribution in [2.75, 3.05) is 6.61 Å². The maximum Gasteiger partial charge on any atom is 0.0795 e. The average Bonchev–Trinajstić information content (AvgIpc) is 2.97. The fraction of sp³-hybridized carbons (Fsp3) is 0.750. The summed E-state index contributed by atoms with van der Waals surface area (Å²) in [7, 11) is 0. The summed E-state index contributed by atoms with van der Waals surface area (Å²) in [5.41, 5.74) is 3.07. The Bertz CT molecular complexity index is 328. The van der Waals surface area contributed by atoms with Crippen LogP contribution in [-0.4, -0.2) is 23.7 Å². The molecule has 2 fully saturated rings. The molecule has 3 nitrogen and oxygen atoms in total. The fourth-order valence-electron chi connectivity index (χ4n) is 2.99. The lowest BCUT2D eigenvalue weighted by Crippen LogP contribution is -2.42. The summed E-state index contributed by atoms with van der Waals surface area (Å²) in [6, 6.07) is 0.642. The van der Waals surface area contributed by atoms with E-state index in [0.29, 0.717) is 12.1 Å². The zero-order valence-corrected chi connectivity index (χ0v) is 10.2. The van der Waals surface area contributed by atoms with E-state index in [2.05, 4.69) is 15.7 Å². The lowest BCUT2D eigenvalue weighted by Gasteiger charge is -2.33. The van der Waals surface area contributed by atoms with Gasteiger partial charge in [0, 0.05) is 30.5 Å². The molecule has 1 aliphatic heterocycles. The molecule has 4 heteroatoms. The largest absolute Gasteiger partial charge is 0.378 e. The highest BCUT2D eigenvalue weighted by molar-refractivity contribution is 7.07. The predicted octanol–water partition coefficient (Wildman–Crippen LogP) is 2.19. The van der Waals surface area contributed by atoms with Gasteiger partial charge in [0.1, 0.15) is 0 Å². The molecule has 1 aromatic rings. The van der Waals surface area contributed by atoms with Crippen LogP contribution in [0.4, 0.5) is 0 Å². The molecule has 1 saturated heterocycles. The summed E-state index contributed by atoms with van der Waals surface area (Å²) in [6.45, 7) is 1.88. The van der Waals surface area contributed by atoms with Crippen LogP contribution in [0.25, 0.3) is 0 Å². The van der Waals surface area contributed by atoms with Gasteiger partial charge in [-0.2, -0.15) is 0 Å². The zero-order valence-electron chi connectivity index (χ0n) is 9.39. The average molecular weight is 238 g/mol. The number of nitrogens with one attached hydrogen (secondary N) is 1. The van der Waals surface area contributed by atoms with Gasteiger partial charge in [0.15, 0.2) is 0 Å². The number of nitrogens with zero attached hydrogens (tertiary/aromatic N) is 1. The first-order valence-corrected chi connectivity index (χ1v) is 7.10. The number of ether oxygens (including phenoxy) is 1. The minimum Gasteiger partial charge on any atom is -0.378 e. The van der Waals surface area contributed by atoms with Gasteiger partial charge in [0.05, 0.1) is 17.3 Å². The van der Waals surface area contributed by atoms with Crippen molar-refractivity contribution in [3.05, 3.63) is 16.6 Å². The number of thiazole rings is 1. The fourth-order valence-corrected chi connectivity index (χ4v) is 3.55. The van der Waals surface area contributed by atoms with Crippen molar-refractivity contribution >= 4 is 11.3 Å². The van der Waals surface area contributed by atoms with Crippen LogP contribution in [0.1, 0.15) is 31.4 Å². The second-order valence-corrected chi connectivity index (χ2v) is 5.48. The van der Waals surface area contributed by atoms with Crippen molar-refractivity contribution in [2.24, 2.45) is 5.92 Å². The molecule has 1 saturated carbocycles. The molecule has 2 heterocycles. The van der Waals surface area contributed by atoms with Crippen molar-refractivity contribution in [1.82, 2.24) is 10.3 Å². The van der Waals surface area contributed by atoms with E-state index in [0.717, 1.165) is 19.1 Å². The first-order valence-electron chi connectivity index (χ1n) is 6.15. The molecule has 0 bridgehead atoms. The van der Waals surface area contributed by atoms with Crippen molar-refractivity contribution in [1.29, 1.82) is 0 Å². The number of hydrogen-bond donors (Lipinski definition) is 1. The molecule has 2 aliphatic rings. The molecule has 0 aromatic carbocycles. The highest BCUT2D eigenvalue weighted by Crippen LogP contribution is 2.34. The Balaban J connectivity index is 1.57. The minimum absolute atomic E-state index is 0.529. The molecular formula is C12H18N2OS. The van der Waals surface area contributed by atoms with Gasteiger partial charge < -0.3 is 10.1 Å². The van der Waals surface area contributed by atoms with E-state index in [9.17, 15) is 0 Å². The van der Waals surface area contributed by atoms with Crippen LogP contribution in [0.3, 0.4) is 0 Å². The molecule has 3 rings (SSSR count). The van der Waals surface area contributed by atoms with Gasteiger partial charge in [-0.25, -0.2) is 4.98 Å². The molecule has 0 radical (unpaired) electrons. The van der Waals surface area contributed by atoms with Crippen LogP contribution in [0.15, 0.2) is 10.9 Å². The lowest BCUT2D eigenvalue weighted by atomic mass is 9.82. The first kappa shape index (κ1) is 10.7. The zero-order chi connectivity index (χ0) is 10.8. The molecule has 0 amide bonds. The molecule has 1 aromatic heterocycles. The van der Waals surface area contributed by atoms with Crippen molar-refractivity contribution in [3.63, 3.8) is 0 Å². The summed E-state index contributed by atoms with van der Waals surface area (Å²) in [4.78, 5) is 4.31. The van der Waals surface area contributed by atoms with E-state index in [1.807, 2.05) is 5.51 Å². The molecule has 16 heavy (non-hydrogen) atoms. The molecule has 88 valence electrons. The summed E-state index contributed by atoms with van der Waals surface area (Å²) in [6.07, 6.45) is 5.63. The normalized spacial score (nSPS) is 33.9. The Hall–Kier alpha value is -0.450. The van der Waals surface area contributed by atoms with E-state index < -0.39 is 0 Å².